The van der Waals surface area contributed by atoms with E-state index in [4.69, 9.17) is 5.11 Å². The van der Waals surface area contributed by atoms with Crippen molar-refractivity contribution in [3.05, 3.63) is 0 Å². The summed E-state index contributed by atoms with van der Waals surface area (Å²) in [6, 6.07) is 0. The Kier molecular flexibility index (Phi) is 4.07. The van der Waals surface area contributed by atoms with Crippen LogP contribution < -0.4 is 0 Å². The van der Waals surface area contributed by atoms with Crippen molar-refractivity contribution in [2.75, 3.05) is 20.2 Å². The molecule has 0 spiro atoms. The van der Waals surface area contributed by atoms with Crippen LogP contribution in [0.2, 0.25) is 0 Å². The van der Waals surface area contributed by atoms with E-state index >= 15 is 0 Å². The molecule has 1 aliphatic carbocycles. The lowest BCUT2D eigenvalue weighted by atomic mass is 9.87. The van der Waals surface area contributed by atoms with Gasteiger partial charge in [-0.3, -0.25) is 9.59 Å². The molecule has 1 fully saturated rings. The molecule has 0 aromatic heterocycles. The van der Waals surface area contributed by atoms with E-state index in [-0.39, 0.29) is 24.2 Å². The van der Waals surface area contributed by atoms with Crippen molar-refractivity contribution >= 4 is 11.7 Å². The maximum Gasteiger partial charge on any atom is 0.225 e. The van der Waals surface area contributed by atoms with Crippen molar-refractivity contribution in [1.82, 2.24) is 4.90 Å². The molecule has 0 bridgehead atoms. The Morgan fingerprint density at radius 3 is 2.57 bits per heavy atom. The molecule has 0 aromatic carbocycles. The third-order valence-corrected chi connectivity index (χ3v) is 2.70. The van der Waals surface area contributed by atoms with Crippen LogP contribution in [0.3, 0.4) is 0 Å². The third kappa shape index (κ3) is 2.80. The van der Waals surface area contributed by atoms with Gasteiger partial charge < -0.3 is 10.0 Å². The zero-order chi connectivity index (χ0) is 10.6. The molecule has 4 nitrogen and oxygen atoms in total. The molecule has 0 saturated heterocycles. The first-order valence-electron chi connectivity index (χ1n) is 5.02. The highest BCUT2D eigenvalue weighted by molar-refractivity contribution is 5.84. The van der Waals surface area contributed by atoms with Crippen molar-refractivity contribution in [1.29, 1.82) is 0 Å². The molecular formula is C10H17NO3. The largest absolute Gasteiger partial charge is 0.395 e. The van der Waals surface area contributed by atoms with E-state index in [9.17, 15) is 9.59 Å². The first-order chi connectivity index (χ1) is 6.65. The topological polar surface area (TPSA) is 57.6 Å². The average Bonchev–Trinajstić information content (AvgIpc) is 2.18. The van der Waals surface area contributed by atoms with Gasteiger partial charge >= 0.3 is 0 Å². The number of ketones is 1. The molecule has 0 aliphatic heterocycles. The second-order valence-corrected chi connectivity index (χ2v) is 3.80. The predicted molar refractivity (Wildman–Crippen MR) is 51.7 cm³/mol. The number of likely N-dealkylation sites (N-methyl/N-ethyl adjacent to an activating group) is 1. The first-order valence-corrected chi connectivity index (χ1v) is 5.02. The maximum atomic E-state index is 11.7. The summed E-state index contributed by atoms with van der Waals surface area (Å²) in [6.45, 7) is 0.372. The van der Waals surface area contributed by atoms with E-state index < -0.39 is 0 Å². The molecule has 14 heavy (non-hydrogen) atoms. The minimum atomic E-state index is -0.00995. The molecule has 0 aromatic rings. The number of carbonyl (C=O) groups excluding carboxylic acids is 2. The summed E-state index contributed by atoms with van der Waals surface area (Å²) >= 11 is 0. The maximum absolute atomic E-state index is 11.7. The van der Waals surface area contributed by atoms with E-state index in [1.165, 1.54) is 0 Å². The van der Waals surface area contributed by atoms with Crippen LogP contribution in [0.4, 0.5) is 0 Å². The minimum Gasteiger partial charge on any atom is -0.395 e. The Hall–Kier alpha value is -0.900. The van der Waals surface area contributed by atoms with Crippen LogP contribution in [0.15, 0.2) is 0 Å². The molecule has 1 N–H and O–H groups in total. The van der Waals surface area contributed by atoms with Crippen LogP contribution in [-0.2, 0) is 9.59 Å². The lowest BCUT2D eigenvalue weighted by Crippen LogP contribution is -2.36. The highest BCUT2D eigenvalue weighted by Gasteiger charge is 2.26. The van der Waals surface area contributed by atoms with Gasteiger partial charge in [0, 0.05) is 32.4 Å². The zero-order valence-corrected chi connectivity index (χ0v) is 8.53. The summed E-state index contributed by atoms with van der Waals surface area (Å²) in [5.41, 5.74) is 0. The van der Waals surface area contributed by atoms with Gasteiger partial charge in [-0.15, -0.1) is 0 Å². The average molecular weight is 199 g/mol. The molecule has 0 radical (unpaired) electrons. The standard InChI is InChI=1S/C10H17NO3/c1-11(6-7-12)10(14)8-2-4-9(13)5-3-8/h8,12H,2-7H2,1H3. The molecule has 1 amide bonds. The number of aliphatic hydroxyl groups excluding tert-OH is 1. The lowest BCUT2D eigenvalue weighted by molar-refractivity contribution is -0.136. The quantitative estimate of drug-likeness (QED) is 0.706. The van der Waals surface area contributed by atoms with Crippen LogP contribution in [0.5, 0.6) is 0 Å². The van der Waals surface area contributed by atoms with Gasteiger partial charge in [-0.1, -0.05) is 0 Å². The fourth-order valence-corrected chi connectivity index (χ4v) is 1.76. The number of aliphatic hydroxyl groups is 1. The molecule has 0 heterocycles. The Morgan fingerprint density at radius 1 is 1.50 bits per heavy atom. The fourth-order valence-electron chi connectivity index (χ4n) is 1.76. The second-order valence-electron chi connectivity index (χ2n) is 3.80. The molecule has 0 unspecified atom stereocenters. The molecule has 1 rings (SSSR count). The zero-order valence-electron chi connectivity index (χ0n) is 8.53. The van der Waals surface area contributed by atoms with Crippen molar-refractivity contribution in [2.45, 2.75) is 25.7 Å². The van der Waals surface area contributed by atoms with E-state index in [0.717, 1.165) is 0 Å². The van der Waals surface area contributed by atoms with Crippen molar-refractivity contribution in [3.8, 4) is 0 Å². The van der Waals surface area contributed by atoms with E-state index in [0.29, 0.717) is 32.2 Å². The summed E-state index contributed by atoms with van der Waals surface area (Å²) in [7, 11) is 1.69. The van der Waals surface area contributed by atoms with E-state index in [1.54, 1.807) is 11.9 Å². The number of nitrogens with zero attached hydrogens (tertiary/aromatic N) is 1. The molecule has 0 atom stereocenters. The van der Waals surface area contributed by atoms with E-state index in [1.807, 2.05) is 0 Å². The monoisotopic (exact) mass is 199 g/mol. The third-order valence-electron chi connectivity index (χ3n) is 2.70. The number of hydrogen-bond acceptors (Lipinski definition) is 3. The Labute approximate surface area is 83.9 Å². The first kappa shape index (κ1) is 11.2. The number of amides is 1. The summed E-state index contributed by atoms with van der Waals surface area (Å²) < 4.78 is 0. The van der Waals surface area contributed by atoms with Gasteiger partial charge in [0.05, 0.1) is 6.61 Å². The van der Waals surface area contributed by atoms with Crippen molar-refractivity contribution in [2.24, 2.45) is 5.92 Å². The number of carbonyl (C=O) groups is 2. The fraction of sp³-hybridized carbons (Fsp3) is 0.800. The van der Waals surface area contributed by atoms with Crippen LogP contribution in [-0.4, -0.2) is 41.9 Å². The SMILES string of the molecule is CN(CCO)C(=O)C1CCC(=O)CC1. The van der Waals surface area contributed by atoms with Crippen molar-refractivity contribution in [3.63, 3.8) is 0 Å². The lowest BCUT2D eigenvalue weighted by Gasteiger charge is -2.25. The summed E-state index contributed by atoms with van der Waals surface area (Å²) in [6.07, 6.45) is 2.41. The smallest absolute Gasteiger partial charge is 0.225 e. The summed E-state index contributed by atoms with van der Waals surface area (Å²) in [5.74, 6) is 0.315. The van der Waals surface area contributed by atoms with Crippen LogP contribution in [0.1, 0.15) is 25.7 Å². The molecular weight excluding hydrogens is 182 g/mol. The molecule has 4 heteroatoms. The predicted octanol–water partition coefficient (Wildman–Crippen LogP) is 0.196. The highest BCUT2D eigenvalue weighted by Crippen LogP contribution is 2.22. The van der Waals surface area contributed by atoms with E-state index in [2.05, 4.69) is 0 Å². The van der Waals surface area contributed by atoms with Gasteiger partial charge in [0.15, 0.2) is 0 Å². The molecule has 80 valence electrons. The Morgan fingerprint density at radius 2 is 2.07 bits per heavy atom. The molecule has 1 aliphatic rings. The number of Topliss-reactive ketones (excluding diaryl/α,β-unsaturated/α-hetero) is 1. The number of hydrogen-bond donors (Lipinski definition) is 1. The van der Waals surface area contributed by atoms with Gasteiger partial charge in [-0.2, -0.15) is 0 Å². The van der Waals surface area contributed by atoms with Crippen molar-refractivity contribution < 1.29 is 14.7 Å². The Balaban J connectivity index is 2.41. The molecule has 1 saturated carbocycles. The summed E-state index contributed by atoms with van der Waals surface area (Å²) in [4.78, 5) is 24.2. The van der Waals surface area contributed by atoms with Gasteiger partial charge in [0.25, 0.3) is 0 Å². The Bertz CT molecular complexity index is 217. The van der Waals surface area contributed by atoms with Crippen LogP contribution >= 0.6 is 0 Å². The second kappa shape index (κ2) is 5.10. The van der Waals surface area contributed by atoms with Gasteiger partial charge in [0.2, 0.25) is 5.91 Å². The van der Waals surface area contributed by atoms with Gasteiger partial charge in [0.1, 0.15) is 5.78 Å². The minimum absolute atomic E-state index is 0.00606. The highest BCUT2D eigenvalue weighted by atomic mass is 16.3. The normalized spacial score (nSPS) is 18.3. The number of rotatable bonds is 3. The van der Waals surface area contributed by atoms with Crippen LogP contribution in [0, 0.1) is 5.92 Å². The summed E-state index contributed by atoms with van der Waals surface area (Å²) in [5, 5.41) is 8.68. The van der Waals surface area contributed by atoms with Gasteiger partial charge in [-0.05, 0) is 12.8 Å². The van der Waals surface area contributed by atoms with Gasteiger partial charge in [-0.25, -0.2) is 0 Å². The van der Waals surface area contributed by atoms with Crippen LogP contribution in [0.25, 0.3) is 0 Å².